The first kappa shape index (κ1) is 20.4. The Hall–Kier alpha value is -2.88. The van der Waals surface area contributed by atoms with Gasteiger partial charge < -0.3 is 25.0 Å². The number of ether oxygens (including phenoxy) is 2. The minimum absolute atomic E-state index is 0.0103. The molecule has 9 nitrogen and oxygen atoms in total. The molecule has 1 aromatic carbocycles. The molecule has 0 radical (unpaired) electrons. The van der Waals surface area contributed by atoms with Crippen molar-refractivity contribution < 1.29 is 19.1 Å². The number of amides is 3. The number of aromatic nitrogens is 2. The Morgan fingerprint density at radius 3 is 2.77 bits per heavy atom. The van der Waals surface area contributed by atoms with Crippen LogP contribution in [0, 0.1) is 0 Å². The smallest absolute Gasteiger partial charge is 0.317 e. The van der Waals surface area contributed by atoms with E-state index in [2.05, 4.69) is 20.8 Å². The number of fused-ring (bicyclic) bond motifs is 1. The molecule has 1 atom stereocenters. The summed E-state index contributed by atoms with van der Waals surface area (Å²) in [5.74, 6) is 1.18. The number of benzene rings is 1. The van der Waals surface area contributed by atoms with Crippen molar-refractivity contribution in [2.45, 2.75) is 45.1 Å². The van der Waals surface area contributed by atoms with Crippen molar-refractivity contribution in [3.63, 3.8) is 0 Å². The van der Waals surface area contributed by atoms with E-state index >= 15 is 0 Å². The second kappa shape index (κ2) is 8.86. The maximum Gasteiger partial charge on any atom is 0.317 e. The minimum Gasteiger partial charge on any atom is -0.454 e. The standard InChI is InChI=1S/C20H25N5O4S/c1-3-12(2)21-20(27)25-8-6-13(7-9-25)18-23-24-19(30-18)17(26)22-14-4-5-15-16(10-14)29-11-28-15/h4-5,10,12-13H,3,6-9,11H2,1-2H3,(H,21,27)(H,22,26). The molecule has 0 spiro atoms. The fraction of sp³-hybridized carbons (Fsp3) is 0.500. The van der Waals surface area contributed by atoms with Gasteiger partial charge in [-0.2, -0.15) is 0 Å². The molecule has 10 heteroatoms. The molecule has 160 valence electrons. The number of likely N-dealkylation sites (tertiary alicyclic amines) is 1. The molecule has 1 aromatic heterocycles. The van der Waals surface area contributed by atoms with Gasteiger partial charge in [0.15, 0.2) is 11.5 Å². The van der Waals surface area contributed by atoms with Crippen molar-refractivity contribution in [1.82, 2.24) is 20.4 Å². The Morgan fingerprint density at radius 1 is 1.23 bits per heavy atom. The lowest BCUT2D eigenvalue weighted by atomic mass is 9.98. The van der Waals surface area contributed by atoms with Crippen LogP contribution in [0.5, 0.6) is 11.5 Å². The second-order valence-electron chi connectivity index (χ2n) is 7.49. The lowest BCUT2D eigenvalue weighted by Gasteiger charge is -2.31. The molecule has 2 aliphatic rings. The number of nitrogens with zero attached hydrogens (tertiary/aromatic N) is 3. The fourth-order valence-electron chi connectivity index (χ4n) is 3.38. The van der Waals surface area contributed by atoms with Crippen LogP contribution in [0.25, 0.3) is 0 Å². The van der Waals surface area contributed by atoms with E-state index in [0.29, 0.717) is 35.3 Å². The van der Waals surface area contributed by atoms with Gasteiger partial charge in [-0.15, -0.1) is 10.2 Å². The van der Waals surface area contributed by atoms with Crippen molar-refractivity contribution >= 4 is 29.0 Å². The highest BCUT2D eigenvalue weighted by atomic mass is 32.1. The summed E-state index contributed by atoms with van der Waals surface area (Å²) in [5.41, 5.74) is 0.613. The summed E-state index contributed by atoms with van der Waals surface area (Å²) in [6.45, 7) is 5.58. The largest absolute Gasteiger partial charge is 0.454 e. The number of carbonyl (C=O) groups is 2. The lowest BCUT2D eigenvalue weighted by molar-refractivity contribution is 0.102. The second-order valence-corrected chi connectivity index (χ2v) is 8.50. The molecular formula is C20H25N5O4S. The molecule has 1 fully saturated rings. The number of rotatable bonds is 5. The lowest BCUT2D eigenvalue weighted by Crippen LogP contribution is -2.46. The van der Waals surface area contributed by atoms with Crippen LogP contribution < -0.4 is 20.1 Å². The number of urea groups is 1. The quantitative estimate of drug-likeness (QED) is 0.753. The van der Waals surface area contributed by atoms with Crippen LogP contribution in [0.15, 0.2) is 18.2 Å². The van der Waals surface area contributed by atoms with Crippen LogP contribution in [-0.2, 0) is 0 Å². The highest BCUT2D eigenvalue weighted by Crippen LogP contribution is 2.35. The van der Waals surface area contributed by atoms with Gasteiger partial charge in [-0.3, -0.25) is 4.79 Å². The topological polar surface area (TPSA) is 106 Å². The Balaban J connectivity index is 1.32. The van der Waals surface area contributed by atoms with Gasteiger partial charge in [0, 0.05) is 36.8 Å². The Morgan fingerprint density at radius 2 is 2.00 bits per heavy atom. The summed E-state index contributed by atoms with van der Waals surface area (Å²) in [7, 11) is 0. The Bertz CT molecular complexity index is 926. The zero-order valence-electron chi connectivity index (χ0n) is 17.0. The van der Waals surface area contributed by atoms with Crippen LogP contribution in [0.1, 0.15) is 53.8 Å². The molecule has 4 rings (SSSR count). The predicted molar refractivity (Wildman–Crippen MR) is 112 cm³/mol. The third kappa shape index (κ3) is 4.48. The van der Waals surface area contributed by atoms with E-state index in [1.54, 1.807) is 18.2 Å². The van der Waals surface area contributed by atoms with E-state index in [1.165, 1.54) is 11.3 Å². The highest BCUT2D eigenvalue weighted by molar-refractivity contribution is 7.13. The van der Waals surface area contributed by atoms with Gasteiger partial charge in [0.25, 0.3) is 5.91 Å². The number of hydrogen-bond acceptors (Lipinski definition) is 7. The van der Waals surface area contributed by atoms with Gasteiger partial charge in [0.1, 0.15) is 5.01 Å². The monoisotopic (exact) mass is 431 g/mol. The average Bonchev–Trinajstić information content (AvgIpc) is 3.43. The molecule has 2 N–H and O–H groups in total. The molecule has 2 aliphatic heterocycles. The molecule has 0 bridgehead atoms. The van der Waals surface area contributed by atoms with Crippen molar-refractivity contribution in [1.29, 1.82) is 0 Å². The fourth-order valence-corrected chi connectivity index (χ4v) is 4.29. The zero-order chi connectivity index (χ0) is 21.1. The maximum absolute atomic E-state index is 12.5. The van der Waals surface area contributed by atoms with E-state index in [-0.39, 0.29) is 30.7 Å². The first-order valence-electron chi connectivity index (χ1n) is 10.1. The Labute approximate surface area is 178 Å². The number of carbonyl (C=O) groups excluding carboxylic acids is 2. The van der Waals surface area contributed by atoms with Crippen LogP contribution >= 0.6 is 11.3 Å². The number of nitrogens with one attached hydrogen (secondary N) is 2. The van der Waals surface area contributed by atoms with Gasteiger partial charge in [-0.05, 0) is 38.3 Å². The van der Waals surface area contributed by atoms with Gasteiger partial charge in [0.05, 0.1) is 0 Å². The van der Waals surface area contributed by atoms with E-state index in [4.69, 9.17) is 9.47 Å². The van der Waals surface area contributed by atoms with Gasteiger partial charge in [-0.25, -0.2) is 4.79 Å². The van der Waals surface area contributed by atoms with Crippen LogP contribution in [0.2, 0.25) is 0 Å². The molecule has 30 heavy (non-hydrogen) atoms. The minimum atomic E-state index is -0.303. The molecule has 1 unspecified atom stereocenters. The van der Waals surface area contributed by atoms with Crippen LogP contribution in [0.3, 0.4) is 0 Å². The van der Waals surface area contributed by atoms with Gasteiger partial charge in [0.2, 0.25) is 11.8 Å². The molecular weight excluding hydrogens is 406 g/mol. The normalized spacial score (nSPS) is 16.9. The summed E-state index contributed by atoms with van der Waals surface area (Å²) in [6.07, 6.45) is 2.53. The van der Waals surface area contributed by atoms with E-state index < -0.39 is 0 Å². The SMILES string of the molecule is CCC(C)NC(=O)N1CCC(c2nnc(C(=O)Nc3ccc4c(c3)OCO4)s2)CC1. The molecule has 2 aromatic rings. The molecule has 0 saturated carbocycles. The van der Waals surface area contributed by atoms with E-state index in [9.17, 15) is 9.59 Å². The van der Waals surface area contributed by atoms with E-state index in [0.717, 1.165) is 24.3 Å². The number of anilines is 1. The maximum atomic E-state index is 12.5. The van der Waals surface area contributed by atoms with Crippen molar-refractivity contribution in [2.24, 2.45) is 0 Å². The van der Waals surface area contributed by atoms with E-state index in [1.807, 2.05) is 18.7 Å². The number of hydrogen-bond donors (Lipinski definition) is 2. The first-order chi connectivity index (χ1) is 14.5. The summed E-state index contributed by atoms with van der Waals surface area (Å²) in [5, 5.41) is 15.3. The molecule has 3 heterocycles. The van der Waals surface area contributed by atoms with Gasteiger partial charge >= 0.3 is 6.03 Å². The van der Waals surface area contributed by atoms with Gasteiger partial charge in [-0.1, -0.05) is 18.3 Å². The summed E-state index contributed by atoms with van der Waals surface area (Å²) in [6, 6.07) is 5.40. The molecule has 1 saturated heterocycles. The Kier molecular flexibility index (Phi) is 6.03. The van der Waals surface area contributed by atoms with Crippen molar-refractivity contribution in [3.05, 3.63) is 28.2 Å². The average molecular weight is 432 g/mol. The van der Waals surface area contributed by atoms with Crippen LogP contribution in [-0.4, -0.2) is 53.0 Å². The zero-order valence-corrected chi connectivity index (χ0v) is 17.8. The third-order valence-corrected chi connectivity index (χ3v) is 6.46. The third-order valence-electron chi connectivity index (χ3n) is 5.38. The number of piperidine rings is 1. The molecule has 3 amide bonds. The summed E-state index contributed by atoms with van der Waals surface area (Å²) < 4.78 is 10.6. The van der Waals surface area contributed by atoms with Crippen molar-refractivity contribution in [3.8, 4) is 11.5 Å². The van der Waals surface area contributed by atoms with Crippen LogP contribution in [0.4, 0.5) is 10.5 Å². The summed E-state index contributed by atoms with van der Waals surface area (Å²) in [4.78, 5) is 26.7. The summed E-state index contributed by atoms with van der Waals surface area (Å²) >= 11 is 1.31. The first-order valence-corrected chi connectivity index (χ1v) is 10.9. The molecule has 0 aliphatic carbocycles. The highest BCUT2D eigenvalue weighted by Gasteiger charge is 2.27. The predicted octanol–water partition coefficient (Wildman–Crippen LogP) is 3.21. The van der Waals surface area contributed by atoms with Crippen molar-refractivity contribution in [2.75, 3.05) is 25.2 Å².